The minimum absolute atomic E-state index is 0.0474. The third kappa shape index (κ3) is 5.88. The second-order valence-corrected chi connectivity index (χ2v) is 5.64. The van der Waals surface area contributed by atoms with Crippen LogP contribution in [0.2, 0.25) is 0 Å². The van der Waals surface area contributed by atoms with Crippen molar-refractivity contribution >= 4 is 5.91 Å². The summed E-state index contributed by atoms with van der Waals surface area (Å²) >= 11 is 0. The van der Waals surface area contributed by atoms with Gasteiger partial charge in [0, 0.05) is 6.42 Å². The van der Waals surface area contributed by atoms with Crippen LogP contribution in [0.5, 0.6) is 0 Å². The molecule has 19 heavy (non-hydrogen) atoms. The van der Waals surface area contributed by atoms with Gasteiger partial charge in [0.05, 0.1) is 6.04 Å². The monoisotopic (exact) mass is 262 g/mol. The number of nitrogens with two attached hydrogens (primary N) is 1. The Morgan fingerprint density at radius 1 is 1.21 bits per heavy atom. The molecule has 0 heterocycles. The van der Waals surface area contributed by atoms with Crippen molar-refractivity contribution in [2.24, 2.45) is 17.6 Å². The first-order valence-electron chi connectivity index (χ1n) is 7.07. The Labute approximate surface area is 116 Å². The largest absolute Gasteiger partial charge is 0.350 e. The summed E-state index contributed by atoms with van der Waals surface area (Å²) in [6.07, 6.45) is 1.52. The van der Waals surface area contributed by atoms with Crippen LogP contribution in [0.1, 0.15) is 45.2 Å². The topological polar surface area (TPSA) is 55.1 Å². The van der Waals surface area contributed by atoms with Gasteiger partial charge in [-0.15, -0.1) is 0 Å². The lowest BCUT2D eigenvalue weighted by molar-refractivity contribution is -0.122. The molecule has 3 nitrogen and oxygen atoms in total. The molecule has 1 unspecified atom stereocenters. The Balaban J connectivity index is 2.46. The Morgan fingerprint density at radius 2 is 1.84 bits per heavy atom. The Hall–Kier alpha value is -1.35. The zero-order valence-electron chi connectivity index (χ0n) is 12.2. The average Bonchev–Trinajstić information content (AvgIpc) is 2.38. The summed E-state index contributed by atoms with van der Waals surface area (Å²) in [5.41, 5.74) is 6.86. The van der Waals surface area contributed by atoms with Crippen LogP contribution in [0, 0.1) is 11.8 Å². The van der Waals surface area contributed by atoms with Crippen molar-refractivity contribution in [3.63, 3.8) is 0 Å². The molecule has 1 rings (SSSR count). The molecule has 0 bridgehead atoms. The molecule has 3 heteroatoms. The zero-order chi connectivity index (χ0) is 14.3. The van der Waals surface area contributed by atoms with E-state index in [1.807, 2.05) is 37.3 Å². The van der Waals surface area contributed by atoms with E-state index in [0.29, 0.717) is 18.9 Å². The van der Waals surface area contributed by atoms with E-state index in [0.717, 1.165) is 12.0 Å². The molecule has 0 saturated heterocycles. The van der Waals surface area contributed by atoms with Crippen LogP contribution in [0.3, 0.4) is 0 Å². The van der Waals surface area contributed by atoms with Crippen LogP contribution < -0.4 is 11.1 Å². The quantitative estimate of drug-likeness (QED) is 0.794. The van der Waals surface area contributed by atoms with E-state index < -0.39 is 0 Å². The molecule has 0 fully saturated rings. The van der Waals surface area contributed by atoms with Crippen molar-refractivity contribution < 1.29 is 4.79 Å². The van der Waals surface area contributed by atoms with Crippen LogP contribution in [0.25, 0.3) is 0 Å². The molecule has 0 aliphatic heterocycles. The van der Waals surface area contributed by atoms with Gasteiger partial charge in [0.1, 0.15) is 0 Å². The summed E-state index contributed by atoms with van der Waals surface area (Å²) in [5.74, 6) is 0.948. The molecule has 106 valence electrons. The van der Waals surface area contributed by atoms with E-state index in [1.165, 1.54) is 0 Å². The maximum absolute atomic E-state index is 12.0. The number of rotatable bonds is 7. The number of benzene rings is 1. The van der Waals surface area contributed by atoms with Gasteiger partial charge < -0.3 is 11.1 Å². The number of carbonyl (C=O) groups is 1. The maximum Gasteiger partial charge on any atom is 0.220 e. The summed E-state index contributed by atoms with van der Waals surface area (Å²) < 4.78 is 0. The van der Waals surface area contributed by atoms with Gasteiger partial charge in [0.2, 0.25) is 5.91 Å². The molecular weight excluding hydrogens is 236 g/mol. The maximum atomic E-state index is 12.0. The van der Waals surface area contributed by atoms with Gasteiger partial charge in [-0.05, 0) is 37.3 Å². The smallest absolute Gasteiger partial charge is 0.220 e. The Morgan fingerprint density at radius 3 is 2.37 bits per heavy atom. The third-order valence-corrected chi connectivity index (χ3v) is 3.29. The second kappa shape index (κ2) is 7.95. The van der Waals surface area contributed by atoms with Gasteiger partial charge >= 0.3 is 0 Å². The molecule has 2 atom stereocenters. The van der Waals surface area contributed by atoms with Crippen molar-refractivity contribution in [3.8, 4) is 0 Å². The summed E-state index contributed by atoms with van der Waals surface area (Å²) in [5, 5.41) is 3.04. The fourth-order valence-corrected chi connectivity index (χ4v) is 2.32. The summed E-state index contributed by atoms with van der Waals surface area (Å²) in [6.45, 7) is 6.90. The van der Waals surface area contributed by atoms with E-state index in [9.17, 15) is 4.79 Å². The van der Waals surface area contributed by atoms with Crippen molar-refractivity contribution in [2.45, 2.75) is 39.7 Å². The van der Waals surface area contributed by atoms with E-state index in [-0.39, 0.29) is 17.9 Å². The number of amides is 1. The van der Waals surface area contributed by atoms with Crippen LogP contribution in [-0.2, 0) is 4.79 Å². The normalized spacial score (nSPS) is 14.2. The number of nitrogens with one attached hydrogen (secondary N) is 1. The van der Waals surface area contributed by atoms with Gasteiger partial charge in [-0.3, -0.25) is 4.79 Å². The van der Waals surface area contributed by atoms with Gasteiger partial charge in [0.15, 0.2) is 0 Å². The Kier molecular flexibility index (Phi) is 6.57. The molecular formula is C16H26N2O. The van der Waals surface area contributed by atoms with E-state index in [1.54, 1.807) is 0 Å². The minimum Gasteiger partial charge on any atom is -0.350 e. The zero-order valence-corrected chi connectivity index (χ0v) is 12.2. The predicted molar refractivity (Wildman–Crippen MR) is 79.6 cm³/mol. The predicted octanol–water partition coefficient (Wildman–Crippen LogP) is 2.87. The summed E-state index contributed by atoms with van der Waals surface area (Å²) in [7, 11) is 0. The summed E-state index contributed by atoms with van der Waals surface area (Å²) in [6, 6.07) is 10.1. The highest BCUT2D eigenvalue weighted by Crippen LogP contribution is 2.16. The molecule has 1 aromatic rings. The molecule has 0 aliphatic rings. The highest BCUT2D eigenvalue weighted by atomic mass is 16.1. The number of hydrogen-bond acceptors (Lipinski definition) is 2. The Bertz CT molecular complexity index is 376. The average molecular weight is 262 g/mol. The molecule has 1 aromatic carbocycles. The molecule has 0 spiro atoms. The highest BCUT2D eigenvalue weighted by Gasteiger charge is 2.16. The number of carbonyl (C=O) groups excluding carboxylic acids is 1. The standard InChI is InChI=1S/C16H26N2O/c1-12(2)9-14(11-17)10-16(19)18-13(3)15-7-5-4-6-8-15/h4-8,12-14H,9-11,17H2,1-3H3,(H,18,19)/t13?,14-/m0/s1. The first-order chi connectivity index (χ1) is 9.02. The fraction of sp³-hybridized carbons (Fsp3) is 0.562. The molecule has 0 aliphatic carbocycles. The summed E-state index contributed by atoms with van der Waals surface area (Å²) in [4.78, 5) is 12.0. The van der Waals surface area contributed by atoms with Crippen molar-refractivity contribution in [1.29, 1.82) is 0 Å². The second-order valence-electron chi connectivity index (χ2n) is 5.64. The molecule has 3 N–H and O–H groups in total. The SMILES string of the molecule is CC(C)C[C@H](CN)CC(=O)NC(C)c1ccccc1. The molecule has 0 radical (unpaired) electrons. The first kappa shape index (κ1) is 15.7. The van der Waals surface area contributed by atoms with Crippen LogP contribution >= 0.6 is 0 Å². The van der Waals surface area contributed by atoms with E-state index in [2.05, 4.69) is 19.2 Å². The van der Waals surface area contributed by atoms with Crippen molar-refractivity contribution in [3.05, 3.63) is 35.9 Å². The minimum atomic E-state index is 0.0474. The van der Waals surface area contributed by atoms with Crippen LogP contribution in [0.4, 0.5) is 0 Å². The van der Waals surface area contributed by atoms with E-state index >= 15 is 0 Å². The van der Waals surface area contributed by atoms with E-state index in [4.69, 9.17) is 5.73 Å². The fourth-order valence-electron chi connectivity index (χ4n) is 2.32. The van der Waals surface area contributed by atoms with Crippen LogP contribution in [0.15, 0.2) is 30.3 Å². The third-order valence-electron chi connectivity index (χ3n) is 3.29. The van der Waals surface area contributed by atoms with Gasteiger partial charge in [0.25, 0.3) is 0 Å². The lowest BCUT2D eigenvalue weighted by Gasteiger charge is -2.19. The number of hydrogen-bond donors (Lipinski definition) is 2. The highest BCUT2D eigenvalue weighted by molar-refractivity contribution is 5.76. The lowest BCUT2D eigenvalue weighted by atomic mass is 9.94. The van der Waals surface area contributed by atoms with Crippen molar-refractivity contribution in [2.75, 3.05) is 6.54 Å². The van der Waals surface area contributed by atoms with Gasteiger partial charge in [-0.2, -0.15) is 0 Å². The van der Waals surface area contributed by atoms with Gasteiger partial charge in [-0.25, -0.2) is 0 Å². The van der Waals surface area contributed by atoms with Crippen molar-refractivity contribution in [1.82, 2.24) is 5.32 Å². The molecule has 1 amide bonds. The first-order valence-corrected chi connectivity index (χ1v) is 7.07. The van der Waals surface area contributed by atoms with Gasteiger partial charge in [-0.1, -0.05) is 44.2 Å². The van der Waals surface area contributed by atoms with Crippen LogP contribution in [-0.4, -0.2) is 12.5 Å². The lowest BCUT2D eigenvalue weighted by Crippen LogP contribution is -2.30. The molecule has 0 aromatic heterocycles. The molecule has 0 saturated carbocycles.